The van der Waals surface area contributed by atoms with Crippen molar-refractivity contribution in [3.05, 3.63) is 12.4 Å². The van der Waals surface area contributed by atoms with Crippen LogP contribution in [-0.4, -0.2) is 29.5 Å². The Morgan fingerprint density at radius 1 is 1.82 bits per heavy atom. The van der Waals surface area contributed by atoms with Gasteiger partial charge in [0, 0.05) is 12.4 Å². The predicted molar refractivity (Wildman–Crippen MR) is 41.1 cm³/mol. The summed E-state index contributed by atoms with van der Waals surface area (Å²) in [5, 5.41) is 5.28. The molecule has 1 rings (SSSR count). The van der Waals surface area contributed by atoms with Crippen molar-refractivity contribution in [2.75, 3.05) is 18.9 Å². The number of likely N-dealkylation sites (N-methyl/N-ethyl adjacent to an activating group) is 1. The number of carbonyl (C=O) groups is 1. The van der Waals surface area contributed by atoms with Crippen molar-refractivity contribution in [2.45, 2.75) is 0 Å². The number of nitrogens with zero attached hydrogens (tertiary/aromatic N) is 1. The summed E-state index contributed by atoms with van der Waals surface area (Å²) in [7, 11) is 1.71. The summed E-state index contributed by atoms with van der Waals surface area (Å²) in [6.07, 6.45) is 3.23. The van der Waals surface area contributed by atoms with Crippen LogP contribution in [0, 0.1) is 0 Å². The van der Waals surface area contributed by atoms with Crippen LogP contribution < -0.4 is 10.6 Å². The number of hydrogen-bond donors (Lipinski definition) is 3. The number of imidazole rings is 1. The molecule has 0 spiro atoms. The lowest BCUT2D eigenvalue weighted by Crippen LogP contribution is -2.25. The van der Waals surface area contributed by atoms with Crippen LogP contribution in [0.5, 0.6) is 0 Å². The molecule has 0 aliphatic carbocycles. The highest BCUT2D eigenvalue weighted by molar-refractivity contribution is 5.90. The van der Waals surface area contributed by atoms with Gasteiger partial charge in [-0.05, 0) is 7.05 Å². The number of aromatic nitrogens is 2. The number of nitrogens with one attached hydrogen (secondary N) is 3. The molecule has 0 radical (unpaired) electrons. The van der Waals surface area contributed by atoms with Gasteiger partial charge in [-0.1, -0.05) is 0 Å². The molecular weight excluding hydrogens is 144 g/mol. The van der Waals surface area contributed by atoms with Crippen LogP contribution >= 0.6 is 0 Å². The SMILES string of the molecule is CNCC(=O)Nc1ncc[nH]1. The van der Waals surface area contributed by atoms with E-state index in [4.69, 9.17) is 0 Å². The average molecular weight is 154 g/mol. The first-order valence-corrected chi connectivity index (χ1v) is 3.27. The molecule has 0 saturated heterocycles. The molecule has 3 N–H and O–H groups in total. The third-order valence-electron chi connectivity index (χ3n) is 1.09. The summed E-state index contributed by atoms with van der Waals surface area (Å²) in [6, 6.07) is 0. The lowest BCUT2D eigenvalue weighted by atomic mass is 10.6. The molecule has 0 fully saturated rings. The molecule has 0 bridgehead atoms. The minimum absolute atomic E-state index is 0.109. The first kappa shape index (κ1) is 7.74. The molecule has 0 aliphatic heterocycles. The number of carbonyl (C=O) groups excluding carboxylic acids is 1. The van der Waals surface area contributed by atoms with E-state index in [9.17, 15) is 4.79 Å². The molecule has 5 nitrogen and oxygen atoms in total. The average Bonchev–Trinajstić information content (AvgIpc) is 2.40. The van der Waals surface area contributed by atoms with Gasteiger partial charge in [-0.3, -0.25) is 10.1 Å². The lowest BCUT2D eigenvalue weighted by Gasteiger charge is -1.98. The Morgan fingerprint density at radius 2 is 2.64 bits per heavy atom. The molecule has 0 aliphatic rings. The molecule has 1 aromatic heterocycles. The van der Waals surface area contributed by atoms with Crippen LogP contribution in [0.3, 0.4) is 0 Å². The van der Waals surface area contributed by atoms with E-state index in [2.05, 4.69) is 20.6 Å². The van der Waals surface area contributed by atoms with Crippen LogP contribution in [0.2, 0.25) is 0 Å². The quantitative estimate of drug-likeness (QED) is 0.553. The Balaban J connectivity index is 2.37. The second-order valence-electron chi connectivity index (χ2n) is 2.02. The molecule has 0 atom stereocenters. The highest BCUT2D eigenvalue weighted by Gasteiger charge is 1.99. The summed E-state index contributed by atoms with van der Waals surface area (Å²) in [6.45, 7) is 0.292. The topological polar surface area (TPSA) is 69.8 Å². The predicted octanol–water partition coefficient (Wildman–Crippen LogP) is -0.432. The number of rotatable bonds is 3. The molecule has 0 aromatic carbocycles. The van der Waals surface area contributed by atoms with E-state index in [1.54, 1.807) is 19.4 Å². The van der Waals surface area contributed by atoms with E-state index in [1.807, 2.05) is 0 Å². The van der Waals surface area contributed by atoms with E-state index in [0.717, 1.165) is 0 Å². The third-order valence-corrected chi connectivity index (χ3v) is 1.09. The summed E-state index contributed by atoms with van der Waals surface area (Å²) in [4.78, 5) is 17.5. The largest absolute Gasteiger partial charge is 0.331 e. The van der Waals surface area contributed by atoms with Crippen molar-refractivity contribution >= 4 is 11.9 Å². The van der Waals surface area contributed by atoms with Gasteiger partial charge in [-0.25, -0.2) is 4.98 Å². The highest BCUT2D eigenvalue weighted by atomic mass is 16.2. The van der Waals surface area contributed by atoms with Crippen LogP contribution in [-0.2, 0) is 4.79 Å². The smallest absolute Gasteiger partial charge is 0.240 e. The summed E-state index contributed by atoms with van der Waals surface area (Å²) in [5.41, 5.74) is 0. The molecule has 5 heteroatoms. The maximum absolute atomic E-state index is 10.9. The van der Waals surface area contributed by atoms with Crippen molar-refractivity contribution in [3.63, 3.8) is 0 Å². The first-order valence-electron chi connectivity index (χ1n) is 3.27. The summed E-state index contributed by atoms with van der Waals surface area (Å²) < 4.78 is 0. The Morgan fingerprint density at radius 3 is 3.18 bits per heavy atom. The van der Waals surface area contributed by atoms with Crippen molar-refractivity contribution < 1.29 is 4.79 Å². The molecule has 1 aromatic rings. The second-order valence-corrected chi connectivity index (χ2v) is 2.02. The van der Waals surface area contributed by atoms with Crippen molar-refractivity contribution in [2.24, 2.45) is 0 Å². The maximum atomic E-state index is 10.9. The fourth-order valence-corrected chi connectivity index (χ4v) is 0.670. The van der Waals surface area contributed by atoms with Gasteiger partial charge in [0.25, 0.3) is 0 Å². The molecule has 60 valence electrons. The Bertz CT molecular complexity index is 218. The van der Waals surface area contributed by atoms with Gasteiger partial charge < -0.3 is 10.3 Å². The normalized spacial score (nSPS) is 9.55. The minimum atomic E-state index is -0.109. The molecule has 0 unspecified atom stereocenters. The first-order chi connectivity index (χ1) is 5.33. The Kier molecular flexibility index (Phi) is 2.62. The van der Waals surface area contributed by atoms with E-state index in [1.165, 1.54) is 0 Å². The van der Waals surface area contributed by atoms with Gasteiger partial charge in [0.1, 0.15) is 0 Å². The van der Waals surface area contributed by atoms with Crippen molar-refractivity contribution in [1.82, 2.24) is 15.3 Å². The van der Waals surface area contributed by atoms with Gasteiger partial charge in [-0.15, -0.1) is 0 Å². The van der Waals surface area contributed by atoms with E-state index >= 15 is 0 Å². The van der Waals surface area contributed by atoms with Gasteiger partial charge in [0.15, 0.2) is 0 Å². The number of hydrogen-bond acceptors (Lipinski definition) is 3. The standard InChI is InChI=1S/C6H10N4O/c1-7-4-5(11)10-6-8-2-3-9-6/h2-3,7H,4H2,1H3,(H2,8,9,10,11). The fraction of sp³-hybridized carbons (Fsp3) is 0.333. The maximum Gasteiger partial charge on any atom is 0.240 e. The van der Waals surface area contributed by atoms with Crippen LogP contribution in [0.25, 0.3) is 0 Å². The third kappa shape index (κ3) is 2.38. The molecule has 1 heterocycles. The molecular formula is C6H10N4O. The van der Waals surface area contributed by atoms with Crippen LogP contribution in [0.4, 0.5) is 5.95 Å². The zero-order chi connectivity index (χ0) is 8.10. The monoisotopic (exact) mass is 154 g/mol. The van der Waals surface area contributed by atoms with Crippen molar-refractivity contribution in [1.29, 1.82) is 0 Å². The minimum Gasteiger partial charge on any atom is -0.331 e. The van der Waals surface area contributed by atoms with Gasteiger partial charge >= 0.3 is 0 Å². The van der Waals surface area contributed by atoms with E-state index in [-0.39, 0.29) is 5.91 Å². The van der Waals surface area contributed by atoms with E-state index < -0.39 is 0 Å². The molecule has 1 amide bonds. The fourth-order valence-electron chi connectivity index (χ4n) is 0.670. The number of amides is 1. The summed E-state index contributed by atoms with van der Waals surface area (Å²) >= 11 is 0. The van der Waals surface area contributed by atoms with E-state index in [0.29, 0.717) is 12.5 Å². The van der Waals surface area contributed by atoms with Gasteiger partial charge in [0.05, 0.1) is 6.54 Å². The Hall–Kier alpha value is -1.36. The number of aromatic amines is 1. The zero-order valence-electron chi connectivity index (χ0n) is 6.22. The number of anilines is 1. The number of H-pyrrole nitrogens is 1. The second kappa shape index (κ2) is 3.72. The van der Waals surface area contributed by atoms with Gasteiger partial charge in [0.2, 0.25) is 11.9 Å². The highest BCUT2D eigenvalue weighted by Crippen LogP contribution is 1.92. The summed E-state index contributed by atoms with van der Waals surface area (Å²) in [5.74, 6) is 0.368. The Labute approximate surface area is 64.2 Å². The van der Waals surface area contributed by atoms with Crippen LogP contribution in [0.15, 0.2) is 12.4 Å². The van der Waals surface area contributed by atoms with Crippen molar-refractivity contribution in [3.8, 4) is 0 Å². The lowest BCUT2D eigenvalue weighted by molar-refractivity contribution is -0.115. The van der Waals surface area contributed by atoms with Gasteiger partial charge in [-0.2, -0.15) is 0 Å². The molecule has 11 heavy (non-hydrogen) atoms. The molecule has 0 saturated carbocycles. The van der Waals surface area contributed by atoms with Crippen LogP contribution in [0.1, 0.15) is 0 Å². The zero-order valence-corrected chi connectivity index (χ0v) is 6.22.